The first-order valence-electron chi connectivity index (χ1n) is 6.87. The molecule has 0 radical (unpaired) electrons. The third-order valence-electron chi connectivity index (χ3n) is 3.34. The second kappa shape index (κ2) is 7.21. The van der Waals surface area contributed by atoms with Gasteiger partial charge in [-0.05, 0) is 26.0 Å². The maximum Gasteiger partial charge on any atom is 0.270 e. The fourth-order valence-electron chi connectivity index (χ4n) is 2.32. The van der Waals surface area contributed by atoms with Crippen molar-refractivity contribution in [1.82, 2.24) is 5.32 Å². The summed E-state index contributed by atoms with van der Waals surface area (Å²) in [6.07, 6.45) is 3.36. The summed E-state index contributed by atoms with van der Waals surface area (Å²) >= 11 is 0. The van der Waals surface area contributed by atoms with E-state index in [2.05, 4.69) is 5.32 Å². The summed E-state index contributed by atoms with van der Waals surface area (Å²) in [5, 5.41) is 13.8. The van der Waals surface area contributed by atoms with Gasteiger partial charge in [-0.2, -0.15) is 0 Å². The van der Waals surface area contributed by atoms with Crippen LogP contribution in [0.25, 0.3) is 0 Å². The highest BCUT2D eigenvalue weighted by Gasteiger charge is 2.16. The van der Waals surface area contributed by atoms with E-state index in [1.54, 1.807) is 19.2 Å². The zero-order valence-electron chi connectivity index (χ0n) is 11.6. The summed E-state index contributed by atoms with van der Waals surface area (Å²) < 4.78 is 11.3. The normalized spacial score (nSPS) is 18.1. The van der Waals surface area contributed by atoms with E-state index in [1.165, 1.54) is 6.07 Å². The molecule has 110 valence electrons. The van der Waals surface area contributed by atoms with Gasteiger partial charge in [0.2, 0.25) is 0 Å². The summed E-state index contributed by atoms with van der Waals surface area (Å²) in [6.45, 7) is 1.95. The van der Waals surface area contributed by atoms with Gasteiger partial charge in [0.15, 0.2) is 0 Å². The van der Waals surface area contributed by atoms with Crippen LogP contribution in [-0.2, 0) is 11.3 Å². The second-order valence-electron chi connectivity index (χ2n) is 4.85. The molecule has 0 aromatic heterocycles. The molecule has 0 spiro atoms. The monoisotopic (exact) mass is 280 g/mol. The number of non-ortho nitro benzene ring substituents is 1. The molecule has 1 atom stereocenters. The first-order chi connectivity index (χ1) is 9.70. The molecule has 1 aromatic rings. The molecule has 1 aromatic carbocycles. The molecule has 1 aliphatic heterocycles. The van der Waals surface area contributed by atoms with Gasteiger partial charge < -0.3 is 14.8 Å². The van der Waals surface area contributed by atoms with Crippen molar-refractivity contribution in [2.45, 2.75) is 31.9 Å². The van der Waals surface area contributed by atoms with Gasteiger partial charge in [0.05, 0.1) is 17.6 Å². The highest BCUT2D eigenvalue weighted by Crippen LogP contribution is 2.25. The Morgan fingerprint density at radius 1 is 1.55 bits per heavy atom. The number of nitro benzene ring substituents is 1. The van der Waals surface area contributed by atoms with Gasteiger partial charge in [0.25, 0.3) is 5.69 Å². The van der Waals surface area contributed by atoms with Crippen molar-refractivity contribution >= 4 is 5.69 Å². The van der Waals surface area contributed by atoms with E-state index in [9.17, 15) is 10.1 Å². The Balaban J connectivity index is 1.96. The maximum atomic E-state index is 10.8. The van der Waals surface area contributed by atoms with Crippen molar-refractivity contribution in [3.63, 3.8) is 0 Å². The lowest BCUT2D eigenvalue weighted by Gasteiger charge is -2.13. The van der Waals surface area contributed by atoms with E-state index in [4.69, 9.17) is 9.47 Å². The summed E-state index contributed by atoms with van der Waals surface area (Å²) in [4.78, 5) is 10.4. The predicted octanol–water partition coefficient (Wildman–Crippen LogP) is 2.26. The molecule has 1 saturated heterocycles. The molecule has 6 nitrogen and oxygen atoms in total. The Bertz CT molecular complexity index is 458. The van der Waals surface area contributed by atoms with Crippen LogP contribution < -0.4 is 10.1 Å². The second-order valence-corrected chi connectivity index (χ2v) is 4.85. The van der Waals surface area contributed by atoms with E-state index in [0.29, 0.717) is 25.0 Å². The standard InChI is InChI=1S/C14H20N2O4/c1-15-10-11-9-12(16(17)18)4-5-14(11)20-8-6-13-3-2-7-19-13/h4-5,9,13,15H,2-3,6-8,10H2,1H3. The summed E-state index contributed by atoms with van der Waals surface area (Å²) in [5.74, 6) is 0.697. The highest BCUT2D eigenvalue weighted by atomic mass is 16.6. The summed E-state index contributed by atoms with van der Waals surface area (Å²) in [7, 11) is 1.80. The molecule has 1 fully saturated rings. The molecular formula is C14H20N2O4. The Morgan fingerprint density at radius 2 is 2.40 bits per heavy atom. The van der Waals surface area contributed by atoms with Gasteiger partial charge in [0.1, 0.15) is 5.75 Å². The lowest BCUT2D eigenvalue weighted by molar-refractivity contribution is -0.384. The molecule has 0 saturated carbocycles. The SMILES string of the molecule is CNCc1cc([N+](=O)[O-])ccc1OCCC1CCCO1. The highest BCUT2D eigenvalue weighted by molar-refractivity contribution is 5.43. The van der Waals surface area contributed by atoms with E-state index < -0.39 is 4.92 Å². The van der Waals surface area contributed by atoms with Crippen LogP contribution in [0.4, 0.5) is 5.69 Å². The van der Waals surface area contributed by atoms with Crippen LogP contribution in [0.15, 0.2) is 18.2 Å². The zero-order valence-corrected chi connectivity index (χ0v) is 11.6. The minimum absolute atomic E-state index is 0.0849. The average molecular weight is 280 g/mol. The molecule has 1 unspecified atom stereocenters. The third-order valence-corrected chi connectivity index (χ3v) is 3.34. The largest absolute Gasteiger partial charge is 0.493 e. The molecule has 0 aliphatic carbocycles. The van der Waals surface area contributed by atoms with Gasteiger partial charge in [-0.1, -0.05) is 0 Å². The van der Waals surface area contributed by atoms with Crippen molar-refractivity contribution in [3.8, 4) is 5.75 Å². The molecule has 1 heterocycles. The van der Waals surface area contributed by atoms with Crippen molar-refractivity contribution in [1.29, 1.82) is 0 Å². The third kappa shape index (κ3) is 3.91. The predicted molar refractivity (Wildman–Crippen MR) is 74.9 cm³/mol. The average Bonchev–Trinajstić information content (AvgIpc) is 2.93. The van der Waals surface area contributed by atoms with Crippen molar-refractivity contribution in [2.24, 2.45) is 0 Å². The van der Waals surface area contributed by atoms with Crippen molar-refractivity contribution < 1.29 is 14.4 Å². The maximum absolute atomic E-state index is 10.8. The van der Waals surface area contributed by atoms with Crippen molar-refractivity contribution in [3.05, 3.63) is 33.9 Å². The number of rotatable bonds is 7. The molecule has 1 aliphatic rings. The van der Waals surface area contributed by atoms with E-state index in [-0.39, 0.29) is 5.69 Å². The van der Waals surface area contributed by atoms with Crippen LogP contribution in [0.5, 0.6) is 5.75 Å². The first-order valence-corrected chi connectivity index (χ1v) is 6.87. The summed E-state index contributed by atoms with van der Waals surface area (Å²) in [6, 6.07) is 4.69. The number of benzene rings is 1. The minimum Gasteiger partial charge on any atom is -0.493 e. The van der Waals surface area contributed by atoms with Gasteiger partial charge in [-0.25, -0.2) is 0 Å². The first kappa shape index (κ1) is 14.7. The number of ether oxygens (including phenoxy) is 2. The fourth-order valence-corrected chi connectivity index (χ4v) is 2.32. The van der Waals surface area contributed by atoms with E-state index in [1.807, 2.05) is 0 Å². The molecular weight excluding hydrogens is 260 g/mol. The van der Waals surface area contributed by atoms with E-state index >= 15 is 0 Å². The number of nitro groups is 1. The number of nitrogens with zero attached hydrogens (tertiary/aromatic N) is 1. The zero-order chi connectivity index (χ0) is 14.4. The van der Waals surface area contributed by atoms with Crippen molar-refractivity contribution in [2.75, 3.05) is 20.3 Å². The Labute approximate surface area is 118 Å². The molecule has 2 rings (SSSR count). The molecule has 0 bridgehead atoms. The minimum atomic E-state index is -0.394. The van der Waals surface area contributed by atoms with E-state index in [0.717, 1.165) is 31.4 Å². The van der Waals surface area contributed by atoms with Crippen LogP contribution in [-0.4, -0.2) is 31.3 Å². The topological polar surface area (TPSA) is 73.6 Å². The number of hydrogen-bond donors (Lipinski definition) is 1. The smallest absolute Gasteiger partial charge is 0.270 e. The van der Waals surface area contributed by atoms with Crippen LogP contribution in [0.1, 0.15) is 24.8 Å². The Morgan fingerprint density at radius 3 is 3.05 bits per heavy atom. The lowest BCUT2D eigenvalue weighted by atomic mass is 10.1. The van der Waals surface area contributed by atoms with Gasteiger partial charge >= 0.3 is 0 Å². The number of nitrogens with one attached hydrogen (secondary N) is 1. The Hall–Kier alpha value is -1.66. The lowest BCUT2D eigenvalue weighted by Crippen LogP contribution is -2.13. The molecule has 0 amide bonds. The fraction of sp³-hybridized carbons (Fsp3) is 0.571. The van der Waals surface area contributed by atoms with Crippen LogP contribution in [0, 0.1) is 10.1 Å². The van der Waals surface area contributed by atoms with Crippen LogP contribution in [0.2, 0.25) is 0 Å². The van der Waals surface area contributed by atoms with Gasteiger partial charge in [-0.3, -0.25) is 10.1 Å². The molecule has 1 N–H and O–H groups in total. The number of hydrogen-bond acceptors (Lipinski definition) is 5. The molecule has 20 heavy (non-hydrogen) atoms. The van der Waals surface area contributed by atoms with Crippen LogP contribution >= 0.6 is 0 Å². The Kier molecular flexibility index (Phi) is 5.31. The molecule has 6 heteroatoms. The van der Waals surface area contributed by atoms with Gasteiger partial charge in [0, 0.05) is 37.3 Å². The summed E-state index contributed by atoms with van der Waals surface area (Å²) in [5.41, 5.74) is 0.885. The van der Waals surface area contributed by atoms with Gasteiger partial charge in [-0.15, -0.1) is 0 Å². The van der Waals surface area contributed by atoms with Crippen LogP contribution in [0.3, 0.4) is 0 Å². The quantitative estimate of drug-likeness (QED) is 0.612.